The molecule has 5 rings (SSSR count). The van der Waals surface area contributed by atoms with Crippen LogP contribution in [0.1, 0.15) is 43.4 Å². The van der Waals surface area contributed by atoms with Gasteiger partial charge in [-0.25, -0.2) is 0 Å². The van der Waals surface area contributed by atoms with Crippen molar-refractivity contribution < 1.29 is 28.6 Å². The summed E-state index contributed by atoms with van der Waals surface area (Å²) >= 11 is 0. The number of nitrogens with zero attached hydrogens (tertiary/aromatic N) is 1. The number of carbonyl (C=O) groups is 3. The zero-order valence-electron chi connectivity index (χ0n) is 21.1. The minimum Gasteiger partial charge on any atom is -0.497 e. The van der Waals surface area contributed by atoms with Crippen LogP contribution < -0.4 is 15.2 Å². The van der Waals surface area contributed by atoms with Crippen LogP contribution in [0.5, 0.6) is 11.5 Å². The van der Waals surface area contributed by atoms with Crippen LogP contribution in [0.25, 0.3) is 0 Å². The minimum atomic E-state index is -0.564. The average molecular weight is 505 g/mol. The molecule has 2 N–H and O–H groups in total. The highest BCUT2D eigenvalue weighted by atomic mass is 16.5. The molecule has 4 atom stereocenters. The molecule has 37 heavy (non-hydrogen) atoms. The fourth-order valence-corrected chi connectivity index (χ4v) is 5.64. The molecule has 2 aromatic carbocycles. The van der Waals surface area contributed by atoms with E-state index in [2.05, 4.69) is 6.92 Å². The molecule has 2 aliphatic heterocycles. The molecule has 194 valence electrons. The average Bonchev–Trinajstić information content (AvgIpc) is 3.18. The Hall–Kier alpha value is -3.81. The number of hydrogen-bond donors (Lipinski definition) is 1. The van der Waals surface area contributed by atoms with Gasteiger partial charge in [0.05, 0.1) is 24.6 Å². The van der Waals surface area contributed by atoms with E-state index in [-0.39, 0.29) is 36.1 Å². The van der Waals surface area contributed by atoms with Gasteiger partial charge in [-0.1, -0.05) is 31.2 Å². The minimum absolute atomic E-state index is 0.0251. The Morgan fingerprint density at radius 3 is 2.43 bits per heavy atom. The zero-order valence-corrected chi connectivity index (χ0v) is 21.1. The quantitative estimate of drug-likeness (QED) is 0.591. The molecular formula is C29H32N2O6. The first kappa shape index (κ1) is 24.9. The molecule has 2 aromatic rings. The van der Waals surface area contributed by atoms with E-state index in [1.165, 1.54) is 0 Å². The number of ether oxygens (including phenoxy) is 3. The van der Waals surface area contributed by atoms with E-state index in [4.69, 9.17) is 19.9 Å². The van der Waals surface area contributed by atoms with E-state index in [1.54, 1.807) is 24.1 Å². The van der Waals surface area contributed by atoms with Gasteiger partial charge in [-0.2, -0.15) is 0 Å². The van der Waals surface area contributed by atoms with E-state index in [9.17, 15) is 14.4 Å². The summed E-state index contributed by atoms with van der Waals surface area (Å²) in [5.74, 6) is 0.895. The molecule has 4 unspecified atom stereocenters. The van der Waals surface area contributed by atoms with Gasteiger partial charge in [-0.3, -0.25) is 14.4 Å². The molecule has 2 heterocycles. The largest absolute Gasteiger partial charge is 0.497 e. The maximum atomic E-state index is 13.8. The number of amides is 2. The third kappa shape index (κ3) is 4.92. The first-order valence-electron chi connectivity index (χ1n) is 12.8. The summed E-state index contributed by atoms with van der Waals surface area (Å²) in [6.45, 7) is 2.36. The van der Waals surface area contributed by atoms with Crippen molar-refractivity contribution in [2.45, 2.75) is 44.8 Å². The highest BCUT2D eigenvalue weighted by Crippen LogP contribution is 2.47. The lowest BCUT2D eigenvalue weighted by molar-refractivity contribution is -0.136. The van der Waals surface area contributed by atoms with Crippen molar-refractivity contribution in [3.8, 4) is 11.5 Å². The molecular weight excluding hydrogens is 472 g/mol. The number of fused-ring (bicyclic) bond motifs is 1. The topological polar surface area (TPSA) is 108 Å². The number of ketones is 1. The van der Waals surface area contributed by atoms with Crippen LogP contribution in [0.3, 0.4) is 0 Å². The summed E-state index contributed by atoms with van der Waals surface area (Å²) in [4.78, 5) is 40.3. The Balaban J connectivity index is 1.45. The normalized spacial score (nSPS) is 24.9. The first-order chi connectivity index (χ1) is 17.9. The number of Topliss-reactive ketones (excluding diaryl/α,β-unsaturated/α-hetero) is 1. The fourth-order valence-electron chi connectivity index (χ4n) is 5.64. The van der Waals surface area contributed by atoms with Gasteiger partial charge in [0.2, 0.25) is 0 Å². The Morgan fingerprint density at radius 1 is 1.05 bits per heavy atom. The predicted molar refractivity (Wildman–Crippen MR) is 136 cm³/mol. The summed E-state index contributed by atoms with van der Waals surface area (Å²) < 4.78 is 16.9. The fraction of sp³-hybridized carbons (Fsp3) is 0.414. The van der Waals surface area contributed by atoms with Gasteiger partial charge in [0.1, 0.15) is 17.6 Å². The second kappa shape index (κ2) is 10.3. The number of rotatable bonds is 8. The first-order valence-corrected chi connectivity index (χ1v) is 12.8. The van der Waals surface area contributed by atoms with Gasteiger partial charge in [0.15, 0.2) is 18.1 Å². The van der Waals surface area contributed by atoms with E-state index >= 15 is 0 Å². The van der Waals surface area contributed by atoms with Crippen molar-refractivity contribution in [3.05, 3.63) is 71.0 Å². The van der Waals surface area contributed by atoms with Crippen LogP contribution in [-0.2, 0) is 25.5 Å². The van der Waals surface area contributed by atoms with Crippen molar-refractivity contribution >= 4 is 17.6 Å². The van der Waals surface area contributed by atoms with Gasteiger partial charge < -0.3 is 24.8 Å². The number of carbonyl (C=O) groups excluding carboxylic acids is 3. The standard InChI is InChI=1S/C29H32N2O6/c1-17-3-12-23-22(15-17)27(33)25-26(19-6-10-21(11-7-19)36-16-24(30)32)31(29(34)28(25)37-23)14-13-18-4-8-20(35-2)9-5-18/h4-11,17,22-23,26H,3,12-16H2,1-2H3,(H2,30,32). The molecule has 0 aromatic heterocycles. The summed E-state index contributed by atoms with van der Waals surface area (Å²) in [5.41, 5.74) is 7.49. The molecule has 0 spiro atoms. The molecule has 1 saturated carbocycles. The smallest absolute Gasteiger partial charge is 0.290 e. The summed E-state index contributed by atoms with van der Waals surface area (Å²) in [7, 11) is 1.62. The maximum absolute atomic E-state index is 13.8. The van der Waals surface area contributed by atoms with E-state index in [1.807, 2.05) is 36.4 Å². The highest BCUT2D eigenvalue weighted by molar-refractivity contribution is 6.11. The number of nitrogens with two attached hydrogens (primary N) is 1. The number of primary amides is 1. The Morgan fingerprint density at radius 2 is 1.76 bits per heavy atom. The van der Waals surface area contributed by atoms with Crippen molar-refractivity contribution in [2.24, 2.45) is 17.6 Å². The zero-order chi connectivity index (χ0) is 26.1. The molecule has 0 bridgehead atoms. The number of hydrogen-bond acceptors (Lipinski definition) is 6. The van der Waals surface area contributed by atoms with Gasteiger partial charge in [0.25, 0.3) is 11.8 Å². The molecule has 0 radical (unpaired) electrons. The lowest BCUT2D eigenvalue weighted by atomic mass is 9.74. The van der Waals surface area contributed by atoms with Crippen LogP contribution in [0, 0.1) is 11.8 Å². The number of benzene rings is 2. The molecule has 3 aliphatic rings. The summed E-state index contributed by atoms with van der Waals surface area (Å²) in [6.07, 6.45) is 2.92. The van der Waals surface area contributed by atoms with Crippen molar-refractivity contribution in [1.82, 2.24) is 4.90 Å². The van der Waals surface area contributed by atoms with E-state index in [0.29, 0.717) is 30.2 Å². The van der Waals surface area contributed by atoms with Crippen molar-refractivity contribution in [2.75, 3.05) is 20.3 Å². The van der Waals surface area contributed by atoms with E-state index in [0.717, 1.165) is 36.1 Å². The second-order valence-corrected chi connectivity index (χ2v) is 10.1. The molecule has 1 fully saturated rings. The van der Waals surface area contributed by atoms with Crippen molar-refractivity contribution in [3.63, 3.8) is 0 Å². The third-order valence-electron chi connectivity index (χ3n) is 7.58. The van der Waals surface area contributed by atoms with Crippen LogP contribution >= 0.6 is 0 Å². The molecule has 8 heteroatoms. The third-order valence-corrected chi connectivity index (χ3v) is 7.58. The second-order valence-electron chi connectivity index (χ2n) is 10.1. The molecule has 2 amide bonds. The lowest BCUT2D eigenvalue weighted by Gasteiger charge is -2.37. The van der Waals surface area contributed by atoms with Crippen LogP contribution in [0.15, 0.2) is 59.9 Å². The highest BCUT2D eigenvalue weighted by Gasteiger charge is 2.52. The molecule has 1 aliphatic carbocycles. The Kier molecular flexibility index (Phi) is 6.91. The maximum Gasteiger partial charge on any atom is 0.290 e. The van der Waals surface area contributed by atoms with Crippen molar-refractivity contribution in [1.29, 1.82) is 0 Å². The van der Waals surface area contributed by atoms with Gasteiger partial charge in [-0.05, 0) is 67.0 Å². The van der Waals surface area contributed by atoms with Gasteiger partial charge in [0, 0.05) is 6.54 Å². The summed E-state index contributed by atoms with van der Waals surface area (Å²) in [6, 6.07) is 14.3. The SMILES string of the molecule is COc1ccc(CCN2C(=O)C3=C(C(=O)C4CC(C)CCC4O3)C2c2ccc(OCC(N)=O)cc2)cc1. The lowest BCUT2D eigenvalue weighted by Crippen LogP contribution is -2.41. The molecule has 0 saturated heterocycles. The predicted octanol–water partition coefficient (Wildman–Crippen LogP) is 3.34. The van der Waals surface area contributed by atoms with Gasteiger partial charge >= 0.3 is 0 Å². The Bertz CT molecular complexity index is 1220. The number of methoxy groups -OCH3 is 1. The van der Waals surface area contributed by atoms with Crippen LogP contribution in [0.2, 0.25) is 0 Å². The molecule has 8 nitrogen and oxygen atoms in total. The van der Waals surface area contributed by atoms with Gasteiger partial charge in [-0.15, -0.1) is 0 Å². The van der Waals surface area contributed by atoms with Crippen LogP contribution in [-0.4, -0.2) is 48.9 Å². The summed E-state index contributed by atoms with van der Waals surface area (Å²) in [5, 5.41) is 0. The Labute approximate surface area is 216 Å². The monoisotopic (exact) mass is 504 g/mol. The van der Waals surface area contributed by atoms with E-state index < -0.39 is 11.9 Å². The van der Waals surface area contributed by atoms with Crippen LogP contribution in [0.4, 0.5) is 0 Å².